The van der Waals surface area contributed by atoms with Gasteiger partial charge in [0.1, 0.15) is 5.75 Å². The first-order valence-electron chi connectivity index (χ1n) is 7.73. The van der Waals surface area contributed by atoms with Gasteiger partial charge >= 0.3 is 7.12 Å². The molecule has 1 rings (SSSR count). The lowest BCUT2D eigenvalue weighted by Crippen LogP contribution is -2.36. The van der Waals surface area contributed by atoms with Crippen LogP contribution in [0.15, 0.2) is 24.3 Å². The van der Waals surface area contributed by atoms with Gasteiger partial charge in [-0.3, -0.25) is 0 Å². The Bertz CT molecular complexity index is 393. The average molecular weight is 293 g/mol. The van der Waals surface area contributed by atoms with Crippen LogP contribution in [-0.2, 0) is 0 Å². The second-order valence-corrected chi connectivity index (χ2v) is 6.15. The van der Waals surface area contributed by atoms with Gasteiger partial charge in [0, 0.05) is 5.54 Å². The average Bonchev–Trinajstić information content (AvgIpc) is 2.42. The minimum atomic E-state index is -1.20. The van der Waals surface area contributed by atoms with Crippen LogP contribution in [0, 0.1) is 6.92 Å². The zero-order chi connectivity index (χ0) is 15.7. The van der Waals surface area contributed by atoms with Crippen LogP contribution < -0.4 is 10.5 Å². The van der Waals surface area contributed by atoms with E-state index in [0.29, 0.717) is 12.9 Å². The molecule has 21 heavy (non-hydrogen) atoms. The van der Waals surface area contributed by atoms with Crippen molar-refractivity contribution in [2.75, 3.05) is 6.61 Å². The van der Waals surface area contributed by atoms with Crippen LogP contribution in [0.3, 0.4) is 0 Å². The summed E-state index contributed by atoms with van der Waals surface area (Å²) < 4.78 is 5.69. The molecule has 0 saturated heterocycles. The van der Waals surface area contributed by atoms with Gasteiger partial charge < -0.3 is 20.5 Å². The van der Waals surface area contributed by atoms with E-state index in [1.807, 2.05) is 31.2 Å². The summed E-state index contributed by atoms with van der Waals surface area (Å²) in [5.41, 5.74) is 7.27. The first kappa shape index (κ1) is 18.0. The quantitative estimate of drug-likeness (QED) is 0.457. The maximum Gasteiger partial charge on any atom is 0.451 e. The van der Waals surface area contributed by atoms with Crippen molar-refractivity contribution in [3.8, 4) is 5.75 Å². The molecule has 0 spiro atoms. The van der Waals surface area contributed by atoms with E-state index in [2.05, 4.69) is 6.92 Å². The summed E-state index contributed by atoms with van der Waals surface area (Å²) in [7, 11) is -1.20. The smallest absolute Gasteiger partial charge is 0.451 e. The lowest BCUT2D eigenvalue weighted by molar-refractivity contribution is 0.277. The van der Waals surface area contributed by atoms with Crippen molar-refractivity contribution in [1.29, 1.82) is 0 Å². The van der Waals surface area contributed by atoms with Crippen molar-refractivity contribution < 1.29 is 14.8 Å². The number of hydrogen-bond donors (Lipinski definition) is 3. The third-order valence-electron chi connectivity index (χ3n) is 3.64. The Morgan fingerprint density at radius 2 is 1.71 bits per heavy atom. The van der Waals surface area contributed by atoms with Crippen LogP contribution in [0.25, 0.3) is 0 Å². The molecule has 0 bridgehead atoms. The lowest BCUT2D eigenvalue weighted by Gasteiger charge is -2.24. The highest BCUT2D eigenvalue weighted by atomic mass is 16.5. The summed E-state index contributed by atoms with van der Waals surface area (Å²) >= 11 is 0. The van der Waals surface area contributed by atoms with Gasteiger partial charge in [0.05, 0.1) is 6.61 Å². The minimum Gasteiger partial charge on any atom is -0.494 e. The number of unbranched alkanes of at least 4 members (excludes halogenated alkanes) is 1. The molecule has 0 amide bonds. The Kier molecular flexibility index (Phi) is 7.79. The van der Waals surface area contributed by atoms with Gasteiger partial charge in [-0.25, -0.2) is 0 Å². The molecule has 1 aromatic rings. The molecule has 4 nitrogen and oxygen atoms in total. The molecule has 0 heterocycles. The van der Waals surface area contributed by atoms with E-state index in [1.54, 1.807) is 0 Å². The van der Waals surface area contributed by atoms with E-state index in [4.69, 9.17) is 20.5 Å². The van der Waals surface area contributed by atoms with E-state index in [1.165, 1.54) is 5.56 Å². The fourth-order valence-corrected chi connectivity index (χ4v) is 2.28. The Hall–Kier alpha value is -1.04. The molecule has 0 aromatic heterocycles. The van der Waals surface area contributed by atoms with Crippen LogP contribution in [0.5, 0.6) is 5.75 Å². The zero-order valence-corrected chi connectivity index (χ0v) is 13.2. The number of aryl methyl sites for hydroxylation is 1. The van der Waals surface area contributed by atoms with Gasteiger partial charge in [0.15, 0.2) is 0 Å². The van der Waals surface area contributed by atoms with Crippen LogP contribution in [-0.4, -0.2) is 29.3 Å². The summed E-state index contributed by atoms with van der Waals surface area (Å²) in [6.07, 6.45) is 4.86. The van der Waals surface area contributed by atoms with Crippen LogP contribution >= 0.6 is 0 Å². The molecule has 0 aliphatic rings. The summed E-state index contributed by atoms with van der Waals surface area (Å²) in [6.45, 7) is 4.78. The van der Waals surface area contributed by atoms with Gasteiger partial charge in [0.2, 0.25) is 0 Å². The van der Waals surface area contributed by atoms with Crippen LogP contribution in [0.2, 0.25) is 6.32 Å². The van der Waals surface area contributed by atoms with Crippen molar-refractivity contribution in [3.63, 3.8) is 0 Å². The summed E-state index contributed by atoms with van der Waals surface area (Å²) in [5.74, 6) is 0.899. The Balaban J connectivity index is 2.13. The molecule has 1 aromatic carbocycles. The summed E-state index contributed by atoms with van der Waals surface area (Å²) in [4.78, 5) is 0. The van der Waals surface area contributed by atoms with Gasteiger partial charge in [-0.15, -0.1) is 0 Å². The standard InChI is InChI=1S/C16H28BNO3/c1-14-6-8-15(9-7-14)21-13-5-11-16(2,18)10-3-4-12-17(19)20/h6-9,19-20H,3-5,10-13,18H2,1-2H3. The molecule has 0 saturated carbocycles. The molecule has 0 aliphatic carbocycles. The van der Waals surface area contributed by atoms with E-state index < -0.39 is 7.12 Å². The fourth-order valence-electron chi connectivity index (χ4n) is 2.28. The highest BCUT2D eigenvalue weighted by molar-refractivity contribution is 6.40. The molecule has 1 unspecified atom stereocenters. The third-order valence-corrected chi connectivity index (χ3v) is 3.64. The molecule has 4 N–H and O–H groups in total. The predicted octanol–water partition coefficient (Wildman–Crippen LogP) is 2.51. The van der Waals surface area contributed by atoms with Crippen LogP contribution in [0.1, 0.15) is 44.6 Å². The fraction of sp³-hybridized carbons (Fsp3) is 0.625. The zero-order valence-electron chi connectivity index (χ0n) is 13.2. The minimum absolute atomic E-state index is 0.211. The largest absolute Gasteiger partial charge is 0.494 e. The monoisotopic (exact) mass is 293 g/mol. The molecule has 5 heteroatoms. The SMILES string of the molecule is Cc1ccc(OCCCC(C)(N)CCCCB(O)O)cc1. The molecule has 1 atom stereocenters. The molecule has 0 radical (unpaired) electrons. The van der Waals surface area contributed by atoms with Crippen molar-refractivity contribution in [2.45, 2.75) is 57.8 Å². The lowest BCUT2D eigenvalue weighted by atomic mass is 9.82. The molecular weight excluding hydrogens is 265 g/mol. The molecule has 0 fully saturated rings. The van der Waals surface area contributed by atoms with Gasteiger partial charge in [0.25, 0.3) is 0 Å². The Morgan fingerprint density at radius 3 is 2.33 bits per heavy atom. The molecule has 0 aliphatic heterocycles. The van der Waals surface area contributed by atoms with Crippen molar-refractivity contribution in [3.05, 3.63) is 29.8 Å². The highest BCUT2D eigenvalue weighted by Crippen LogP contribution is 2.19. The molecular formula is C16H28BNO3. The number of nitrogens with two attached hydrogens (primary N) is 1. The highest BCUT2D eigenvalue weighted by Gasteiger charge is 2.18. The van der Waals surface area contributed by atoms with E-state index in [0.717, 1.165) is 37.9 Å². The van der Waals surface area contributed by atoms with Crippen molar-refractivity contribution in [2.24, 2.45) is 5.73 Å². The number of hydrogen-bond acceptors (Lipinski definition) is 4. The molecule has 118 valence electrons. The van der Waals surface area contributed by atoms with E-state index in [9.17, 15) is 0 Å². The Labute approximate surface area is 128 Å². The van der Waals surface area contributed by atoms with Gasteiger partial charge in [-0.2, -0.15) is 0 Å². The first-order chi connectivity index (χ1) is 9.89. The number of benzene rings is 1. The van der Waals surface area contributed by atoms with Crippen LogP contribution in [0.4, 0.5) is 0 Å². The Morgan fingerprint density at radius 1 is 1.10 bits per heavy atom. The third kappa shape index (κ3) is 8.76. The maximum atomic E-state index is 8.79. The first-order valence-corrected chi connectivity index (χ1v) is 7.73. The van der Waals surface area contributed by atoms with Gasteiger partial charge in [-0.1, -0.05) is 30.5 Å². The topological polar surface area (TPSA) is 75.7 Å². The summed E-state index contributed by atoms with van der Waals surface area (Å²) in [6, 6.07) is 8.05. The van der Waals surface area contributed by atoms with E-state index in [-0.39, 0.29) is 5.54 Å². The second-order valence-electron chi connectivity index (χ2n) is 6.15. The van der Waals surface area contributed by atoms with E-state index >= 15 is 0 Å². The second kappa shape index (κ2) is 9.08. The number of rotatable bonds is 10. The van der Waals surface area contributed by atoms with Gasteiger partial charge in [-0.05, 0) is 51.6 Å². The van der Waals surface area contributed by atoms with Crippen molar-refractivity contribution in [1.82, 2.24) is 0 Å². The maximum absolute atomic E-state index is 8.79. The summed E-state index contributed by atoms with van der Waals surface area (Å²) in [5, 5.41) is 17.6. The van der Waals surface area contributed by atoms with Crippen molar-refractivity contribution >= 4 is 7.12 Å². The number of ether oxygens (including phenoxy) is 1. The normalized spacial score (nSPS) is 13.8. The predicted molar refractivity (Wildman–Crippen MR) is 87.4 cm³/mol.